The molecule has 3 fully saturated rings. The Morgan fingerprint density at radius 1 is 0.973 bits per heavy atom. The van der Waals surface area contributed by atoms with Gasteiger partial charge >= 0.3 is 0 Å². The Kier molecular flexibility index (Phi) is 9.48. The van der Waals surface area contributed by atoms with Crippen molar-refractivity contribution in [3.8, 4) is 5.75 Å². The zero-order valence-electron chi connectivity index (χ0n) is 22.5. The zero-order valence-corrected chi connectivity index (χ0v) is 23.3. The molecule has 208 valence electrons. The van der Waals surface area contributed by atoms with Gasteiger partial charge in [0.1, 0.15) is 18.5 Å². The zero-order chi connectivity index (χ0) is 26.6. The van der Waals surface area contributed by atoms with Crippen LogP contribution in [0.5, 0.6) is 5.75 Å². The predicted octanol–water partition coefficient (Wildman–Crippen LogP) is 3.30. The molecule has 0 saturated carbocycles. The number of alkyl halides is 1. The Morgan fingerprint density at radius 2 is 1.62 bits per heavy atom. The van der Waals surface area contributed by atoms with E-state index in [9.17, 15) is 17.6 Å². The van der Waals surface area contributed by atoms with E-state index in [0.29, 0.717) is 66.7 Å². The molecular weight excluding hydrogens is 497 g/mol. The molecule has 0 aliphatic carbocycles. The molecule has 1 atom stereocenters. The highest BCUT2D eigenvalue weighted by molar-refractivity contribution is 7.89. The number of amides is 1. The van der Waals surface area contributed by atoms with Gasteiger partial charge < -0.3 is 19.3 Å². The van der Waals surface area contributed by atoms with E-state index in [-0.39, 0.29) is 25.2 Å². The molecule has 3 aliphatic heterocycles. The van der Waals surface area contributed by atoms with E-state index in [2.05, 4.69) is 4.90 Å². The van der Waals surface area contributed by atoms with Crippen molar-refractivity contribution in [2.45, 2.75) is 81.9 Å². The Balaban J connectivity index is 1.30. The first-order valence-corrected chi connectivity index (χ1v) is 15.1. The maximum absolute atomic E-state index is 13.7. The summed E-state index contributed by atoms with van der Waals surface area (Å²) in [5, 5.41) is 0. The van der Waals surface area contributed by atoms with Crippen molar-refractivity contribution in [3.05, 3.63) is 23.3 Å². The number of nitrogens with zero attached hydrogens (tertiary/aromatic N) is 3. The number of ether oxygens (including phenoxy) is 2. The molecule has 3 saturated heterocycles. The van der Waals surface area contributed by atoms with Crippen molar-refractivity contribution in [2.24, 2.45) is 0 Å². The number of rotatable bonds is 8. The molecule has 4 rings (SSSR count). The fourth-order valence-corrected chi connectivity index (χ4v) is 8.19. The van der Waals surface area contributed by atoms with Crippen LogP contribution in [0.4, 0.5) is 4.39 Å². The Bertz CT molecular complexity index is 1010. The van der Waals surface area contributed by atoms with Gasteiger partial charge in [-0.1, -0.05) is 6.42 Å². The van der Waals surface area contributed by atoms with Gasteiger partial charge in [-0.05, 0) is 75.6 Å². The Labute approximate surface area is 221 Å². The second kappa shape index (κ2) is 12.4. The van der Waals surface area contributed by atoms with Crippen molar-refractivity contribution >= 4 is 15.9 Å². The lowest BCUT2D eigenvalue weighted by Crippen LogP contribution is -2.50. The van der Waals surface area contributed by atoms with E-state index < -0.39 is 16.2 Å². The third-order valence-corrected chi connectivity index (χ3v) is 10.4. The summed E-state index contributed by atoms with van der Waals surface area (Å²) in [4.78, 5) is 17.4. The quantitative estimate of drug-likeness (QED) is 0.505. The number of carbonyl (C=O) groups excluding carboxylic acids is 1. The number of hydrogen-bond acceptors (Lipinski definition) is 6. The van der Waals surface area contributed by atoms with Crippen molar-refractivity contribution in [1.29, 1.82) is 0 Å². The lowest BCUT2D eigenvalue weighted by atomic mass is 9.99. The van der Waals surface area contributed by atoms with E-state index in [4.69, 9.17) is 9.47 Å². The fraction of sp³-hybridized carbons (Fsp3) is 0.741. The van der Waals surface area contributed by atoms with Crippen LogP contribution in [0.1, 0.15) is 56.1 Å². The number of hydrogen-bond donors (Lipinski definition) is 0. The van der Waals surface area contributed by atoms with E-state index in [1.54, 1.807) is 37.4 Å². The van der Waals surface area contributed by atoms with Crippen molar-refractivity contribution < 1.29 is 27.1 Å². The van der Waals surface area contributed by atoms with E-state index >= 15 is 0 Å². The second-order valence-electron chi connectivity index (χ2n) is 10.7. The number of piperidine rings is 3. The van der Waals surface area contributed by atoms with Gasteiger partial charge in [0.05, 0.1) is 18.6 Å². The Hall–Kier alpha value is -1.75. The first kappa shape index (κ1) is 28.3. The number of likely N-dealkylation sites (tertiary alicyclic amines) is 2. The highest BCUT2D eigenvalue weighted by atomic mass is 32.2. The van der Waals surface area contributed by atoms with Gasteiger partial charge in [0.25, 0.3) is 0 Å². The molecule has 1 aromatic carbocycles. The van der Waals surface area contributed by atoms with E-state index in [0.717, 1.165) is 38.8 Å². The summed E-state index contributed by atoms with van der Waals surface area (Å²) in [7, 11) is -2.14. The molecule has 3 aliphatic rings. The van der Waals surface area contributed by atoms with Crippen LogP contribution in [0, 0.1) is 13.8 Å². The SMILES string of the molecule is COc1cc(C)c(S(=O)(=O)N2CCCCC2COCC(=O)N2CCC(N3CCC(F)CC3)CC2)c(C)c1. The summed E-state index contributed by atoms with van der Waals surface area (Å²) < 4.78 is 53.5. The summed E-state index contributed by atoms with van der Waals surface area (Å²) in [6.07, 6.45) is 4.80. The summed E-state index contributed by atoms with van der Waals surface area (Å²) >= 11 is 0. The molecule has 8 nitrogen and oxygen atoms in total. The number of sulfonamides is 1. The van der Waals surface area contributed by atoms with Crippen LogP contribution in [0.15, 0.2) is 17.0 Å². The molecule has 1 unspecified atom stereocenters. The molecule has 0 aromatic heterocycles. The van der Waals surface area contributed by atoms with Crippen LogP contribution in [-0.2, 0) is 19.6 Å². The molecule has 0 bridgehead atoms. The summed E-state index contributed by atoms with van der Waals surface area (Å²) in [6.45, 7) is 7.17. The minimum absolute atomic E-state index is 0.0388. The summed E-state index contributed by atoms with van der Waals surface area (Å²) in [6, 6.07) is 3.63. The van der Waals surface area contributed by atoms with Crippen LogP contribution in [0.25, 0.3) is 0 Å². The first-order chi connectivity index (χ1) is 17.7. The summed E-state index contributed by atoms with van der Waals surface area (Å²) in [5.74, 6) is 0.590. The smallest absolute Gasteiger partial charge is 0.248 e. The van der Waals surface area contributed by atoms with E-state index in [1.807, 2.05) is 4.90 Å². The third kappa shape index (κ3) is 6.64. The molecular formula is C27H42FN3O5S. The van der Waals surface area contributed by atoms with Crippen molar-refractivity contribution in [1.82, 2.24) is 14.1 Å². The molecule has 0 N–H and O–H groups in total. The van der Waals surface area contributed by atoms with Crippen molar-refractivity contribution in [2.75, 3.05) is 53.0 Å². The molecule has 10 heteroatoms. The number of halogens is 1. The number of aryl methyl sites for hydroxylation is 2. The third-order valence-electron chi connectivity index (χ3n) is 8.14. The largest absolute Gasteiger partial charge is 0.497 e. The minimum atomic E-state index is -3.71. The van der Waals surface area contributed by atoms with Gasteiger partial charge in [-0.25, -0.2) is 12.8 Å². The minimum Gasteiger partial charge on any atom is -0.497 e. The van der Waals surface area contributed by atoms with Crippen LogP contribution in [0.3, 0.4) is 0 Å². The van der Waals surface area contributed by atoms with Gasteiger partial charge in [0.2, 0.25) is 15.9 Å². The van der Waals surface area contributed by atoms with Gasteiger partial charge in [-0.2, -0.15) is 4.31 Å². The fourth-order valence-electron chi connectivity index (χ4n) is 6.10. The van der Waals surface area contributed by atoms with Crippen LogP contribution in [0.2, 0.25) is 0 Å². The molecule has 1 aromatic rings. The van der Waals surface area contributed by atoms with Gasteiger partial charge in [0.15, 0.2) is 0 Å². The number of benzene rings is 1. The lowest BCUT2D eigenvalue weighted by Gasteiger charge is -2.40. The highest BCUT2D eigenvalue weighted by Crippen LogP contribution is 2.32. The second-order valence-corrected chi connectivity index (χ2v) is 12.5. The normalized spacial score (nSPS) is 23.4. The van der Waals surface area contributed by atoms with Crippen LogP contribution < -0.4 is 4.74 Å². The highest BCUT2D eigenvalue weighted by Gasteiger charge is 2.36. The molecule has 1 amide bonds. The maximum atomic E-state index is 13.7. The predicted molar refractivity (Wildman–Crippen MR) is 140 cm³/mol. The van der Waals surface area contributed by atoms with Gasteiger partial charge in [0, 0.05) is 44.8 Å². The topological polar surface area (TPSA) is 79.4 Å². The molecule has 37 heavy (non-hydrogen) atoms. The van der Waals surface area contributed by atoms with E-state index in [1.165, 1.54) is 0 Å². The van der Waals surface area contributed by atoms with Crippen LogP contribution >= 0.6 is 0 Å². The molecule has 3 heterocycles. The maximum Gasteiger partial charge on any atom is 0.248 e. The molecule has 0 radical (unpaired) electrons. The molecule has 0 spiro atoms. The monoisotopic (exact) mass is 539 g/mol. The van der Waals surface area contributed by atoms with Crippen molar-refractivity contribution in [3.63, 3.8) is 0 Å². The number of carbonyl (C=O) groups is 1. The average molecular weight is 540 g/mol. The summed E-state index contributed by atoms with van der Waals surface area (Å²) in [5.41, 5.74) is 1.32. The van der Waals surface area contributed by atoms with Gasteiger partial charge in [-0.3, -0.25) is 4.79 Å². The average Bonchev–Trinajstić information content (AvgIpc) is 2.88. The standard InChI is InChI=1S/C27H42FN3O5S/c1-20-16-25(35-3)17-21(2)27(20)37(33,34)31-11-5-4-6-24(31)18-36-19-26(32)30-14-9-23(10-15-30)29-12-7-22(28)8-13-29/h16-17,22-24H,4-15,18-19H2,1-3H3. The Morgan fingerprint density at radius 3 is 2.24 bits per heavy atom. The van der Waals surface area contributed by atoms with Crippen LogP contribution in [-0.4, -0.2) is 99.7 Å². The number of methoxy groups -OCH3 is 1. The van der Waals surface area contributed by atoms with Gasteiger partial charge in [-0.15, -0.1) is 0 Å². The lowest BCUT2D eigenvalue weighted by molar-refractivity contribution is -0.138. The first-order valence-electron chi connectivity index (χ1n) is 13.6.